The first kappa shape index (κ1) is 17.4. The number of benzene rings is 1. The Morgan fingerprint density at radius 1 is 1.55 bits per heavy atom. The number of hydrogen-bond donors (Lipinski definition) is 2. The molecule has 0 bridgehead atoms. The molecule has 0 aliphatic heterocycles. The molecule has 1 aliphatic rings. The predicted molar refractivity (Wildman–Crippen MR) is 85.2 cm³/mol. The molecule has 6 heteroatoms. The number of aliphatic hydroxyl groups is 1. The second-order valence-corrected chi connectivity index (χ2v) is 7.04. The predicted octanol–water partition coefficient (Wildman–Crippen LogP) is 2.88. The van der Waals surface area contributed by atoms with Gasteiger partial charge < -0.3 is 15.2 Å². The number of carbonyl (C=O) groups is 1. The van der Waals surface area contributed by atoms with E-state index in [1.165, 1.54) is 18.2 Å². The Morgan fingerprint density at radius 3 is 2.77 bits per heavy atom. The largest absolute Gasteiger partial charge is 0.394 e. The summed E-state index contributed by atoms with van der Waals surface area (Å²) >= 11 is 3.25. The maximum absolute atomic E-state index is 13.4. The number of nitrogens with one attached hydrogen (secondary N) is 1. The molecule has 122 valence electrons. The maximum Gasteiger partial charge on any atom is 0.253 e. The van der Waals surface area contributed by atoms with Crippen LogP contribution in [0.4, 0.5) is 4.39 Å². The third kappa shape index (κ3) is 2.79. The zero-order chi connectivity index (χ0) is 16.5. The Kier molecular flexibility index (Phi) is 4.94. The van der Waals surface area contributed by atoms with Gasteiger partial charge in [-0.2, -0.15) is 0 Å². The van der Waals surface area contributed by atoms with Crippen molar-refractivity contribution >= 4 is 21.8 Å². The standard InChI is InChI=1S/C16H21BrFNO3/c1-4-22-13-8-16(9-20,15(13,2)3)19-14(21)11-7-10(18)5-6-12(11)17/h5-7,13,20H,4,8-9H2,1-3H3,(H,19,21). The minimum atomic E-state index is -0.768. The number of halogens is 2. The highest BCUT2D eigenvalue weighted by atomic mass is 79.9. The van der Waals surface area contributed by atoms with E-state index >= 15 is 0 Å². The summed E-state index contributed by atoms with van der Waals surface area (Å²) in [6, 6.07) is 3.95. The van der Waals surface area contributed by atoms with Crippen molar-refractivity contribution in [3.05, 3.63) is 34.1 Å². The van der Waals surface area contributed by atoms with E-state index in [1.54, 1.807) is 0 Å². The monoisotopic (exact) mass is 373 g/mol. The summed E-state index contributed by atoms with van der Waals surface area (Å²) in [7, 11) is 0. The number of carbonyl (C=O) groups excluding carboxylic acids is 1. The first-order valence-corrected chi connectivity index (χ1v) is 8.06. The van der Waals surface area contributed by atoms with Gasteiger partial charge in [0.1, 0.15) is 5.82 Å². The van der Waals surface area contributed by atoms with Gasteiger partial charge in [0.25, 0.3) is 5.91 Å². The normalized spacial score (nSPS) is 26.4. The highest BCUT2D eigenvalue weighted by molar-refractivity contribution is 9.10. The van der Waals surface area contributed by atoms with Crippen LogP contribution in [0.3, 0.4) is 0 Å². The molecule has 22 heavy (non-hydrogen) atoms. The van der Waals surface area contributed by atoms with E-state index in [-0.39, 0.29) is 18.3 Å². The molecule has 2 N–H and O–H groups in total. The van der Waals surface area contributed by atoms with Gasteiger partial charge in [-0.1, -0.05) is 13.8 Å². The lowest BCUT2D eigenvalue weighted by molar-refractivity contribution is -0.172. The fraction of sp³-hybridized carbons (Fsp3) is 0.562. The maximum atomic E-state index is 13.4. The summed E-state index contributed by atoms with van der Waals surface area (Å²) in [4.78, 5) is 12.5. The van der Waals surface area contributed by atoms with Crippen molar-refractivity contribution in [1.29, 1.82) is 0 Å². The van der Waals surface area contributed by atoms with Gasteiger partial charge in [0.05, 0.1) is 23.8 Å². The van der Waals surface area contributed by atoms with Crippen molar-refractivity contribution in [1.82, 2.24) is 5.32 Å². The average molecular weight is 374 g/mol. The molecule has 0 heterocycles. The van der Waals surface area contributed by atoms with Crippen LogP contribution in [-0.4, -0.2) is 35.9 Å². The molecular weight excluding hydrogens is 353 g/mol. The van der Waals surface area contributed by atoms with Gasteiger partial charge >= 0.3 is 0 Å². The molecule has 2 atom stereocenters. The zero-order valence-electron chi connectivity index (χ0n) is 13.0. The van der Waals surface area contributed by atoms with Crippen LogP contribution < -0.4 is 5.32 Å². The summed E-state index contributed by atoms with van der Waals surface area (Å²) in [5.74, 6) is -0.894. The number of hydrogen-bond acceptors (Lipinski definition) is 3. The van der Waals surface area contributed by atoms with E-state index in [0.717, 1.165) is 0 Å². The molecule has 1 aromatic carbocycles. The van der Waals surface area contributed by atoms with Gasteiger partial charge in [-0.3, -0.25) is 4.79 Å². The zero-order valence-corrected chi connectivity index (χ0v) is 14.5. The molecule has 0 saturated heterocycles. The van der Waals surface area contributed by atoms with Crippen LogP contribution in [0.25, 0.3) is 0 Å². The fourth-order valence-electron chi connectivity index (χ4n) is 2.96. The Morgan fingerprint density at radius 2 is 2.23 bits per heavy atom. The Labute approximate surface area is 138 Å². The molecule has 0 spiro atoms. The minimum absolute atomic E-state index is 0.0269. The fourth-order valence-corrected chi connectivity index (χ4v) is 3.38. The van der Waals surface area contributed by atoms with Gasteiger partial charge in [-0.05, 0) is 41.1 Å². The van der Waals surface area contributed by atoms with Crippen LogP contribution in [0, 0.1) is 11.2 Å². The highest BCUT2D eigenvalue weighted by Crippen LogP contribution is 2.51. The van der Waals surface area contributed by atoms with Gasteiger partial charge in [0.15, 0.2) is 0 Å². The molecule has 0 radical (unpaired) electrons. The molecule has 1 aromatic rings. The topological polar surface area (TPSA) is 58.6 Å². The van der Waals surface area contributed by atoms with Crippen LogP contribution >= 0.6 is 15.9 Å². The molecule has 1 saturated carbocycles. The lowest BCUT2D eigenvalue weighted by atomic mass is 9.54. The summed E-state index contributed by atoms with van der Waals surface area (Å²) in [6.45, 7) is 6.21. The molecule has 4 nitrogen and oxygen atoms in total. The Bertz CT molecular complexity index is 579. The first-order valence-electron chi connectivity index (χ1n) is 7.27. The van der Waals surface area contributed by atoms with E-state index in [4.69, 9.17) is 4.74 Å². The van der Waals surface area contributed by atoms with E-state index in [2.05, 4.69) is 21.2 Å². The second kappa shape index (κ2) is 6.26. The number of ether oxygens (including phenoxy) is 1. The van der Waals surface area contributed by atoms with E-state index < -0.39 is 22.7 Å². The van der Waals surface area contributed by atoms with E-state index in [0.29, 0.717) is 17.5 Å². The second-order valence-electron chi connectivity index (χ2n) is 6.19. The van der Waals surface area contributed by atoms with Crippen molar-refractivity contribution in [2.75, 3.05) is 13.2 Å². The average Bonchev–Trinajstić information content (AvgIpc) is 2.48. The molecule has 2 unspecified atom stereocenters. The number of amides is 1. The molecule has 1 aliphatic carbocycles. The highest BCUT2D eigenvalue weighted by Gasteiger charge is 2.61. The van der Waals surface area contributed by atoms with Crippen molar-refractivity contribution in [2.24, 2.45) is 5.41 Å². The number of rotatable bonds is 5. The van der Waals surface area contributed by atoms with Gasteiger partial charge in [0, 0.05) is 22.9 Å². The third-order valence-corrected chi connectivity index (χ3v) is 5.43. The lowest BCUT2D eigenvalue weighted by Gasteiger charge is -2.60. The first-order chi connectivity index (χ1) is 10.3. The van der Waals surface area contributed by atoms with Crippen LogP contribution in [0.1, 0.15) is 37.6 Å². The molecule has 1 fully saturated rings. The molecular formula is C16H21BrFNO3. The SMILES string of the molecule is CCOC1CC(CO)(NC(=O)c2cc(F)ccc2Br)C1(C)C. The molecule has 0 aromatic heterocycles. The quantitative estimate of drug-likeness (QED) is 0.834. The van der Waals surface area contributed by atoms with E-state index in [9.17, 15) is 14.3 Å². The summed E-state index contributed by atoms with van der Waals surface area (Å²) in [5, 5.41) is 12.7. The lowest BCUT2D eigenvalue weighted by Crippen LogP contribution is -2.74. The van der Waals surface area contributed by atoms with Gasteiger partial charge in [-0.25, -0.2) is 4.39 Å². The summed E-state index contributed by atoms with van der Waals surface area (Å²) in [5.41, 5.74) is -0.966. The van der Waals surface area contributed by atoms with Crippen LogP contribution in [0.15, 0.2) is 22.7 Å². The summed E-state index contributed by atoms with van der Waals surface area (Å²) < 4.78 is 19.5. The Hall–Kier alpha value is -0.980. The van der Waals surface area contributed by atoms with Crippen molar-refractivity contribution < 1.29 is 19.0 Å². The van der Waals surface area contributed by atoms with Gasteiger partial charge in [-0.15, -0.1) is 0 Å². The Balaban J connectivity index is 2.21. The van der Waals surface area contributed by atoms with Gasteiger partial charge in [0.2, 0.25) is 0 Å². The van der Waals surface area contributed by atoms with Crippen molar-refractivity contribution in [3.8, 4) is 0 Å². The third-order valence-electron chi connectivity index (χ3n) is 4.74. The van der Waals surface area contributed by atoms with Crippen molar-refractivity contribution in [3.63, 3.8) is 0 Å². The number of aliphatic hydroxyl groups excluding tert-OH is 1. The van der Waals surface area contributed by atoms with Crippen LogP contribution in [-0.2, 0) is 4.74 Å². The summed E-state index contributed by atoms with van der Waals surface area (Å²) in [6.07, 6.45) is 0.504. The van der Waals surface area contributed by atoms with Crippen molar-refractivity contribution in [2.45, 2.75) is 38.8 Å². The van der Waals surface area contributed by atoms with Crippen LogP contribution in [0.5, 0.6) is 0 Å². The van der Waals surface area contributed by atoms with Crippen LogP contribution in [0.2, 0.25) is 0 Å². The smallest absolute Gasteiger partial charge is 0.253 e. The van der Waals surface area contributed by atoms with E-state index in [1.807, 2.05) is 20.8 Å². The minimum Gasteiger partial charge on any atom is -0.394 e. The molecule has 2 rings (SSSR count). The molecule has 1 amide bonds.